The number of rotatable bonds is 5. The normalized spacial score (nSPS) is 11.9. The van der Waals surface area contributed by atoms with Crippen molar-refractivity contribution in [2.45, 2.75) is 0 Å². The maximum absolute atomic E-state index is 6.70. The van der Waals surface area contributed by atoms with E-state index < -0.39 is 0 Å². The van der Waals surface area contributed by atoms with Crippen molar-refractivity contribution in [2.75, 3.05) is 0 Å². The van der Waals surface area contributed by atoms with Gasteiger partial charge in [-0.2, -0.15) is 0 Å². The van der Waals surface area contributed by atoms with Gasteiger partial charge in [-0.1, -0.05) is 115 Å². The van der Waals surface area contributed by atoms with Gasteiger partial charge in [0.2, 0.25) is 0 Å². The minimum Gasteiger partial charge on any atom is -0.452 e. The van der Waals surface area contributed by atoms with Crippen LogP contribution in [-0.2, 0) is 0 Å². The second kappa shape index (κ2) is 12.4. The minimum atomic E-state index is 0.680. The minimum absolute atomic E-state index is 0.680. The molecule has 0 radical (unpaired) electrons. The predicted molar refractivity (Wildman–Crippen MR) is 233 cm³/mol. The van der Waals surface area contributed by atoms with Gasteiger partial charge in [0, 0.05) is 54.7 Å². The second-order valence-corrected chi connectivity index (χ2v) is 14.6. The Hall–Kier alpha value is -7.76. The molecule has 4 heterocycles. The highest BCUT2D eigenvalue weighted by molar-refractivity contribution is 6.19. The van der Waals surface area contributed by atoms with E-state index in [9.17, 15) is 0 Å². The van der Waals surface area contributed by atoms with Crippen LogP contribution in [0.25, 0.3) is 116 Å². The predicted octanol–water partition coefficient (Wildman–Crippen LogP) is 14.0. The zero-order chi connectivity index (χ0) is 37.5. The zero-order valence-electron chi connectivity index (χ0n) is 30.6. The number of fused-ring (bicyclic) bond motifs is 10. The number of hydrogen-bond donors (Lipinski definition) is 0. The second-order valence-electron chi connectivity index (χ2n) is 14.6. The highest BCUT2D eigenvalue weighted by Crippen LogP contribution is 2.42. The molecule has 5 nitrogen and oxygen atoms in total. The van der Waals surface area contributed by atoms with Crippen LogP contribution in [0.2, 0.25) is 0 Å². The van der Waals surface area contributed by atoms with Crippen LogP contribution in [0.5, 0.6) is 0 Å². The van der Waals surface area contributed by atoms with Gasteiger partial charge in [-0.05, 0) is 83.9 Å². The first kappa shape index (κ1) is 31.6. The number of para-hydroxylation sites is 2. The van der Waals surface area contributed by atoms with E-state index in [2.05, 4.69) is 144 Å². The molecule has 57 heavy (non-hydrogen) atoms. The molecule has 0 saturated carbocycles. The van der Waals surface area contributed by atoms with Crippen molar-refractivity contribution in [1.29, 1.82) is 0 Å². The summed E-state index contributed by atoms with van der Waals surface area (Å²) in [6.45, 7) is 0. The summed E-state index contributed by atoms with van der Waals surface area (Å²) in [5.41, 5.74) is 13.5. The van der Waals surface area contributed by atoms with E-state index in [-0.39, 0.29) is 0 Å². The van der Waals surface area contributed by atoms with Crippen LogP contribution in [0.4, 0.5) is 0 Å². The lowest BCUT2D eigenvalue weighted by Crippen LogP contribution is -1.95. The molecule has 0 bridgehead atoms. The van der Waals surface area contributed by atoms with Gasteiger partial charge >= 0.3 is 0 Å². The first-order valence-electron chi connectivity index (χ1n) is 19.1. The van der Waals surface area contributed by atoms with Gasteiger partial charge < -0.3 is 13.4 Å². The smallest absolute Gasteiger partial charge is 0.178 e. The maximum atomic E-state index is 6.70. The van der Waals surface area contributed by atoms with E-state index >= 15 is 0 Å². The van der Waals surface area contributed by atoms with Crippen molar-refractivity contribution >= 4 is 65.7 Å². The molecule has 12 aromatic rings. The molecule has 0 N–H and O–H groups in total. The molecule has 0 aliphatic heterocycles. The largest absolute Gasteiger partial charge is 0.452 e. The van der Waals surface area contributed by atoms with Crippen molar-refractivity contribution in [3.05, 3.63) is 188 Å². The van der Waals surface area contributed by atoms with Crippen molar-refractivity contribution in [3.8, 4) is 50.7 Å². The monoisotopic (exact) mass is 729 g/mol. The molecule has 0 amide bonds. The van der Waals surface area contributed by atoms with Crippen molar-refractivity contribution in [3.63, 3.8) is 0 Å². The van der Waals surface area contributed by atoms with Crippen LogP contribution in [0.1, 0.15) is 0 Å². The topological polar surface area (TPSA) is 57.0 Å². The van der Waals surface area contributed by atoms with Crippen LogP contribution in [0, 0.1) is 0 Å². The summed E-state index contributed by atoms with van der Waals surface area (Å²) in [6, 6.07) is 65.5. The van der Waals surface area contributed by atoms with E-state index in [1.165, 1.54) is 21.8 Å². The fraction of sp³-hybridized carbons (Fsp3) is 0. The Morgan fingerprint density at radius 3 is 1.54 bits per heavy atom. The van der Waals surface area contributed by atoms with E-state index in [4.69, 9.17) is 18.8 Å². The summed E-state index contributed by atoms with van der Waals surface area (Å²) in [6.07, 6.45) is 0. The number of hydrogen-bond acceptors (Lipinski definition) is 4. The molecule has 4 aromatic heterocycles. The van der Waals surface area contributed by atoms with E-state index in [1.54, 1.807) is 0 Å². The fourth-order valence-corrected chi connectivity index (χ4v) is 8.48. The van der Waals surface area contributed by atoms with Crippen molar-refractivity contribution in [1.82, 2.24) is 14.5 Å². The van der Waals surface area contributed by atoms with E-state index in [1.807, 2.05) is 48.5 Å². The van der Waals surface area contributed by atoms with Gasteiger partial charge in [0.1, 0.15) is 11.2 Å². The molecule has 0 spiro atoms. The Bertz CT molecular complexity index is 3450. The van der Waals surface area contributed by atoms with Gasteiger partial charge in [0.15, 0.2) is 17.0 Å². The Morgan fingerprint density at radius 2 is 0.842 bits per heavy atom. The molecule has 0 fully saturated rings. The molecule has 0 atom stereocenters. The third kappa shape index (κ3) is 5.03. The molecular weight excluding hydrogens is 699 g/mol. The van der Waals surface area contributed by atoms with E-state index in [0.717, 1.165) is 88.8 Å². The maximum Gasteiger partial charge on any atom is 0.178 e. The third-order valence-electron chi connectivity index (χ3n) is 11.2. The third-order valence-corrected chi connectivity index (χ3v) is 11.2. The van der Waals surface area contributed by atoms with Crippen LogP contribution >= 0.6 is 0 Å². The number of benzene rings is 8. The number of furan rings is 2. The molecule has 0 saturated heterocycles. The first-order chi connectivity index (χ1) is 28.2. The molecule has 0 aliphatic rings. The molecule has 266 valence electrons. The Balaban J connectivity index is 0.966. The van der Waals surface area contributed by atoms with Gasteiger partial charge in [0.25, 0.3) is 0 Å². The average molecular weight is 730 g/mol. The first-order valence-corrected chi connectivity index (χ1v) is 19.1. The summed E-state index contributed by atoms with van der Waals surface area (Å²) in [4.78, 5) is 10.0. The lowest BCUT2D eigenvalue weighted by Gasteiger charge is -2.09. The molecule has 0 unspecified atom stereocenters. The average Bonchev–Trinajstić information content (AvgIpc) is 3.96. The number of aromatic nitrogens is 3. The molecule has 8 aromatic carbocycles. The van der Waals surface area contributed by atoms with Crippen LogP contribution < -0.4 is 0 Å². The lowest BCUT2D eigenvalue weighted by atomic mass is 10.0. The number of nitrogens with zero attached hydrogens (tertiary/aromatic N) is 3. The standard InChI is InChI=1S/C52H31N3O2/c1-4-12-32(13-5-1)44-31-45(54-52(53-44)33-14-6-2-7-15-33)36-21-24-40-42-26-25-41-39-23-20-35(29-48(39)56-50(41)51(42)57-49(40)30-36)34-22-27-47-43(28-34)38-18-10-11-19-46(38)55(47)37-16-8-3-9-17-37/h1-31H. The fourth-order valence-electron chi connectivity index (χ4n) is 8.48. The van der Waals surface area contributed by atoms with Crippen molar-refractivity contribution in [2.24, 2.45) is 0 Å². The quantitative estimate of drug-likeness (QED) is 0.177. The highest BCUT2D eigenvalue weighted by Gasteiger charge is 2.19. The van der Waals surface area contributed by atoms with Gasteiger partial charge in [0.05, 0.1) is 22.4 Å². The van der Waals surface area contributed by atoms with Crippen LogP contribution in [0.3, 0.4) is 0 Å². The van der Waals surface area contributed by atoms with Crippen LogP contribution in [0.15, 0.2) is 197 Å². The van der Waals surface area contributed by atoms with Crippen molar-refractivity contribution < 1.29 is 8.83 Å². The summed E-state index contributed by atoms with van der Waals surface area (Å²) in [7, 11) is 0. The van der Waals surface area contributed by atoms with Gasteiger partial charge in [-0.15, -0.1) is 0 Å². The Morgan fingerprint density at radius 1 is 0.333 bits per heavy atom. The Kier molecular flexibility index (Phi) is 6.86. The van der Waals surface area contributed by atoms with Gasteiger partial charge in [-0.3, -0.25) is 0 Å². The molecule has 0 aliphatic carbocycles. The van der Waals surface area contributed by atoms with Crippen LogP contribution in [-0.4, -0.2) is 14.5 Å². The highest BCUT2D eigenvalue weighted by atomic mass is 16.4. The molecular formula is C52H31N3O2. The van der Waals surface area contributed by atoms with Gasteiger partial charge in [-0.25, -0.2) is 9.97 Å². The molecule has 5 heteroatoms. The summed E-state index contributed by atoms with van der Waals surface area (Å²) in [5.74, 6) is 0.680. The summed E-state index contributed by atoms with van der Waals surface area (Å²) < 4.78 is 15.7. The lowest BCUT2D eigenvalue weighted by molar-refractivity contribution is 0.633. The zero-order valence-corrected chi connectivity index (χ0v) is 30.6. The summed E-state index contributed by atoms with van der Waals surface area (Å²) in [5, 5.41) is 6.57. The van der Waals surface area contributed by atoms with E-state index in [0.29, 0.717) is 5.82 Å². The summed E-state index contributed by atoms with van der Waals surface area (Å²) >= 11 is 0. The SMILES string of the molecule is c1ccc(-c2cc(-c3ccc4c(c3)oc3c4ccc4c5ccc(-c6ccc7c(c6)c6ccccc6n7-c6ccccc6)cc5oc43)nc(-c3ccccc3)n2)cc1. The molecule has 12 rings (SSSR count). The Labute approximate surface area is 326 Å².